The third-order valence-corrected chi connectivity index (χ3v) is 4.45. The van der Waals surface area contributed by atoms with Crippen molar-refractivity contribution in [1.29, 1.82) is 0 Å². The first kappa shape index (κ1) is 11.8. The first-order valence-electron chi connectivity index (χ1n) is 5.11. The van der Waals surface area contributed by atoms with Gasteiger partial charge in [-0.3, -0.25) is 4.68 Å². The summed E-state index contributed by atoms with van der Waals surface area (Å²) < 4.78 is 27.3. The molecular weight excluding hydrogens is 240 g/mol. The molecule has 0 aliphatic heterocycles. The largest absolute Gasteiger partial charge is 0.286 e. The minimum Gasteiger partial charge on any atom is -0.272 e. The fourth-order valence-corrected chi connectivity index (χ4v) is 3.22. The van der Waals surface area contributed by atoms with Crippen molar-refractivity contribution >= 4 is 10.0 Å². The Labute approximate surface area is 99.9 Å². The predicted molar refractivity (Wildman–Crippen MR) is 62.2 cm³/mol. The van der Waals surface area contributed by atoms with Crippen LogP contribution >= 0.6 is 0 Å². The van der Waals surface area contributed by atoms with Crippen molar-refractivity contribution in [2.75, 3.05) is 0 Å². The Morgan fingerprint density at radius 1 is 1.24 bits per heavy atom. The van der Waals surface area contributed by atoms with E-state index in [0.29, 0.717) is 17.1 Å². The molecule has 0 saturated heterocycles. The molecule has 0 spiro atoms. The SMILES string of the molecule is Cc1cc(C)n(S(=O)(=O)c2cnn(C)c2C)n1. The summed E-state index contributed by atoms with van der Waals surface area (Å²) in [4.78, 5) is 0.186. The molecule has 0 N–H and O–H groups in total. The van der Waals surface area contributed by atoms with Gasteiger partial charge in [-0.2, -0.15) is 22.7 Å². The van der Waals surface area contributed by atoms with Crippen molar-refractivity contribution in [1.82, 2.24) is 19.0 Å². The lowest BCUT2D eigenvalue weighted by atomic mass is 10.4. The zero-order valence-corrected chi connectivity index (χ0v) is 11.0. The minimum absolute atomic E-state index is 0.186. The van der Waals surface area contributed by atoms with Gasteiger partial charge in [0, 0.05) is 7.05 Å². The lowest BCUT2D eigenvalue weighted by Crippen LogP contribution is -2.16. The molecule has 0 fully saturated rings. The zero-order chi connectivity index (χ0) is 12.8. The normalized spacial score (nSPS) is 12.0. The van der Waals surface area contributed by atoms with Gasteiger partial charge in [0.2, 0.25) is 0 Å². The van der Waals surface area contributed by atoms with E-state index in [1.54, 1.807) is 33.9 Å². The van der Waals surface area contributed by atoms with Crippen molar-refractivity contribution < 1.29 is 8.42 Å². The van der Waals surface area contributed by atoms with E-state index in [4.69, 9.17) is 0 Å². The van der Waals surface area contributed by atoms with Gasteiger partial charge >= 0.3 is 0 Å². The maximum Gasteiger partial charge on any atom is 0.286 e. The summed E-state index contributed by atoms with van der Waals surface area (Å²) in [6.45, 7) is 5.18. The topological polar surface area (TPSA) is 69.8 Å². The second-order valence-corrected chi connectivity index (χ2v) is 5.73. The molecule has 0 bridgehead atoms. The standard InChI is InChI=1S/C10H14N4O2S/c1-7-5-8(2)14(12-7)17(15,16)10-6-11-13(4)9(10)3/h5-6H,1-4H3. The van der Waals surface area contributed by atoms with E-state index < -0.39 is 10.0 Å². The van der Waals surface area contributed by atoms with Crippen LogP contribution in [0.25, 0.3) is 0 Å². The second kappa shape index (κ2) is 3.69. The van der Waals surface area contributed by atoms with Crippen molar-refractivity contribution in [2.24, 2.45) is 7.05 Å². The van der Waals surface area contributed by atoms with Gasteiger partial charge in [-0.05, 0) is 26.8 Å². The molecule has 17 heavy (non-hydrogen) atoms. The van der Waals surface area contributed by atoms with E-state index in [0.717, 1.165) is 4.09 Å². The summed E-state index contributed by atoms with van der Waals surface area (Å²) >= 11 is 0. The molecule has 6 nitrogen and oxygen atoms in total. The average Bonchev–Trinajstić information content (AvgIpc) is 2.72. The quantitative estimate of drug-likeness (QED) is 0.794. The molecule has 92 valence electrons. The van der Waals surface area contributed by atoms with Crippen LogP contribution in [0.3, 0.4) is 0 Å². The van der Waals surface area contributed by atoms with E-state index in [1.807, 2.05) is 0 Å². The van der Waals surface area contributed by atoms with Crippen molar-refractivity contribution in [3.8, 4) is 0 Å². The molecule has 0 amide bonds. The van der Waals surface area contributed by atoms with Crippen LogP contribution in [0.5, 0.6) is 0 Å². The minimum atomic E-state index is -3.64. The molecule has 0 radical (unpaired) electrons. The first-order valence-corrected chi connectivity index (χ1v) is 6.55. The van der Waals surface area contributed by atoms with Gasteiger partial charge in [-0.15, -0.1) is 0 Å². The number of hydrogen-bond acceptors (Lipinski definition) is 4. The maximum absolute atomic E-state index is 12.3. The van der Waals surface area contributed by atoms with E-state index in [1.165, 1.54) is 10.9 Å². The summed E-state index contributed by atoms with van der Waals surface area (Å²) in [6, 6.07) is 1.73. The van der Waals surface area contributed by atoms with Crippen LogP contribution in [-0.2, 0) is 17.1 Å². The molecule has 2 rings (SSSR count). The molecule has 0 aromatic carbocycles. The first-order chi connectivity index (χ1) is 7.84. The summed E-state index contributed by atoms with van der Waals surface area (Å²) in [5.41, 5.74) is 1.86. The highest BCUT2D eigenvalue weighted by molar-refractivity contribution is 7.90. The third-order valence-electron chi connectivity index (χ3n) is 2.66. The molecule has 2 aromatic heterocycles. The van der Waals surface area contributed by atoms with Crippen molar-refractivity contribution in [3.05, 3.63) is 29.3 Å². The highest BCUT2D eigenvalue weighted by Gasteiger charge is 2.24. The van der Waals surface area contributed by atoms with Gasteiger partial charge in [0.05, 0.1) is 23.3 Å². The lowest BCUT2D eigenvalue weighted by Gasteiger charge is -2.05. The van der Waals surface area contributed by atoms with Crippen molar-refractivity contribution in [3.63, 3.8) is 0 Å². The van der Waals surface area contributed by atoms with Crippen LogP contribution in [0, 0.1) is 20.8 Å². The summed E-state index contributed by atoms with van der Waals surface area (Å²) in [7, 11) is -1.93. The Bertz CT molecular complexity index is 659. The van der Waals surface area contributed by atoms with Gasteiger partial charge in [0.25, 0.3) is 10.0 Å². The highest BCUT2D eigenvalue weighted by Crippen LogP contribution is 2.18. The van der Waals surface area contributed by atoms with Crippen LogP contribution in [0.2, 0.25) is 0 Å². The van der Waals surface area contributed by atoms with Crippen molar-refractivity contribution in [2.45, 2.75) is 25.7 Å². The van der Waals surface area contributed by atoms with E-state index >= 15 is 0 Å². The molecule has 0 atom stereocenters. The molecular formula is C10H14N4O2S. The fourth-order valence-electron chi connectivity index (χ4n) is 1.68. The summed E-state index contributed by atoms with van der Waals surface area (Å²) in [5, 5.41) is 7.94. The van der Waals surface area contributed by atoms with Gasteiger partial charge in [0.1, 0.15) is 4.90 Å². The molecule has 2 aromatic rings. The monoisotopic (exact) mass is 254 g/mol. The van der Waals surface area contributed by atoms with Crippen LogP contribution in [-0.4, -0.2) is 27.4 Å². The maximum atomic E-state index is 12.3. The number of nitrogens with zero attached hydrogens (tertiary/aromatic N) is 4. The second-order valence-electron chi connectivity index (χ2n) is 3.99. The number of hydrogen-bond donors (Lipinski definition) is 0. The van der Waals surface area contributed by atoms with Gasteiger partial charge in [0.15, 0.2) is 0 Å². The van der Waals surface area contributed by atoms with Crippen LogP contribution < -0.4 is 0 Å². The Morgan fingerprint density at radius 3 is 2.29 bits per heavy atom. The smallest absolute Gasteiger partial charge is 0.272 e. The Kier molecular flexibility index (Phi) is 2.57. The fraction of sp³-hybridized carbons (Fsp3) is 0.400. The molecule has 0 aliphatic carbocycles. The molecule has 2 heterocycles. The Hall–Kier alpha value is -1.63. The molecule has 0 unspecified atom stereocenters. The summed E-state index contributed by atoms with van der Waals surface area (Å²) in [6.07, 6.45) is 1.35. The zero-order valence-electron chi connectivity index (χ0n) is 10.2. The van der Waals surface area contributed by atoms with Gasteiger partial charge in [-0.25, -0.2) is 0 Å². The Morgan fingerprint density at radius 2 is 1.88 bits per heavy atom. The molecule has 0 saturated carbocycles. The molecule has 0 aliphatic rings. The van der Waals surface area contributed by atoms with E-state index in [9.17, 15) is 8.42 Å². The predicted octanol–water partition coefficient (Wildman–Crippen LogP) is 0.779. The Balaban J connectivity index is 2.66. The van der Waals surface area contributed by atoms with Crippen LogP contribution in [0.4, 0.5) is 0 Å². The number of aromatic nitrogens is 4. The number of aryl methyl sites for hydroxylation is 3. The van der Waals surface area contributed by atoms with Gasteiger partial charge < -0.3 is 0 Å². The van der Waals surface area contributed by atoms with Crippen LogP contribution in [0.15, 0.2) is 17.2 Å². The van der Waals surface area contributed by atoms with E-state index in [2.05, 4.69) is 10.2 Å². The van der Waals surface area contributed by atoms with Gasteiger partial charge in [-0.1, -0.05) is 0 Å². The lowest BCUT2D eigenvalue weighted by molar-refractivity contribution is 0.576. The average molecular weight is 254 g/mol. The van der Waals surface area contributed by atoms with E-state index in [-0.39, 0.29) is 4.90 Å². The molecule has 7 heteroatoms. The number of rotatable bonds is 2. The highest BCUT2D eigenvalue weighted by atomic mass is 32.2. The van der Waals surface area contributed by atoms with Crippen LogP contribution in [0.1, 0.15) is 17.1 Å². The third kappa shape index (κ3) is 1.76. The summed E-state index contributed by atoms with van der Waals surface area (Å²) in [5.74, 6) is 0.